The predicted octanol–water partition coefficient (Wildman–Crippen LogP) is 5.53. The fraction of sp³-hybridized carbons (Fsp3) is 0.333. The van der Waals surface area contributed by atoms with Crippen LogP contribution in [0.4, 0.5) is 4.39 Å². The average molecular weight is 455 g/mol. The van der Waals surface area contributed by atoms with Gasteiger partial charge >= 0.3 is 5.97 Å². The van der Waals surface area contributed by atoms with Crippen LogP contribution in [0.3, 0.4) is 0 Å². The fourth-order valence-corrected chi connectivity index (χ4v) is 4.85. The molecule has 1 heterocycles. The molecule has 0 radical (unpaired) electrons. The van der Waals surface area contributed by atoms with Gasteiger partial charge in [0.25, 0.3) is 0 Å². The first-order valence-corrected chi connectivity index (χ1v) is 11.3. The first-order valence-electron chi connectivity index (χ1n) is 10.5. The van der Waals surface area contributed by atoms with Crippen molar-refractivity contribution in [3.63, 3.8) is 0 Å². The number of halogens is 1. The average Bonchev–Trinajstić information content (AvgIpc) is 3.26. The molecule has 1 N–H and O–H groups in total. The van der Waals surface area contributed by atoms with Crippen LogP contribution in [0, 0.1) is 11.7 Å². The van der Waals surface area contributed by atoms with Crippen LogP contribution in [-0.4, -0.2) is 32.7 Å². The summed E-state index contributed by atoms with van der Waals surface area (Å²) in [6.45, 7) is 0. The Labute approximate surface area is 189 Å². The summed E-state index contributed by atoms with van der Waals surface area (Å²) in [4.78, 5) is 26.0. The monoisotopic (exact) mass is 454 g/mol. The second kappa shape index (κ2) is 9.56. The zero-order chi connectivity index (χ0) is 22.7. The highest BCUT2D eigenvalue weighted by Gasteiger charge is 2.27. The van der Waals surface area contributed by atoms with Gasteiger partial charge in [-0.2, -0.15) is 8.75 Å². The second-order valence-corrected chi connectivity index (χ2v) is 8.54. The van der Waals surface area contributed by atoms with Gasteiger partial charge in [-0.15, -0.1) is 0 Å². The maximum atomic E-state index is 14.3. The molecule has 0 bridgehead atoms. The summed E-state index contributed by atoms with van der Waals surface area (Å²) in [5, 5.41) is 10.1. The number of methoxy groups -OCH3 is 1. The van der Waals surface area contributed by atoms with Gasteiger partial charge in [0.15, 0.2) is 17.3 Å². The van der Waals surface area contributed by atoms with Crippen LogP contribution < -0.4 is 4.74 Å². The molecule has 1 saturated carbocycles. The van der Waals surface area contributed by atoms with Gasteiger partial charge in [0.2, 0.25) is 0 Å². The van der Waals surface area contributed by atoms with Crippen molar-refractivity contribution < 1.29 is 23.8 Å². The first-order chi connectivity index (χ1) is 15.5. The van der Waals surface area contributed by atoms with Crippen molar-refractivity contribution in [2.24, 2.45) is 5.92 Å². The number of Topliss-reactive ketones (excluding diaryl/α,β-unsaturated/α-hetero) is 1. The Bertz CT molecular complexity index is 1200. The number of hydrogen-bond donors (Lipinski definition) is 1. The Morgan fingerprint density at radius 1 is 1.06 bits per heavy atom. The van der Waals surface area contributed by atoms with Gasteiger partial charge in [-0.05, 0) is 48.2 Å². The number of fused-ring (bicyclic) bond motifs is 1. The van der Waals surface area contributed by atoms with E-state index < -0.39 is 17.6 Å². The Hall–Kier alpha value is -3.13. The largest absolute Gasteiger partial charge is 0.494 e. The van der Waals surface area contributed by atoms with E-state index in [0.717, 1.165) is 49.9 Å². The summed E-state index contributed by atoms with van der Waals surface area (Å²) >= 11 is 1.04. The van der Waals surface area contributed by atoms with E-state index in [2.05, 4.69) is 8.75 Å². The highest BCUT2D eigenvalue weighted by molar-refractivity contribution is 7.00. The molecule has 3 aromatic rings. The smallest absolute Gasteiger partial charge is 0.336 e. The van der Waals surface area contributed by atoms with Crippen LogP contribution in [0.15, 0.2) is 42.0 Å². The third-order valence-corrected chi connectivity index (χ3v) is 6.52. The minimum absolute atomic E-state index is 0.0271. The highest BCUT2D eigenvalue weighted by Crippen LogP contribution is 2.35. The van der Waals surface area contributed by atoms with Crippen molar-refractivity contribution in [3.8, 4) is 5.75 Å². The SMILES string of the molecule is COc1ccc(C(=O)/C(CC2CCCCC2)=C(\C(=O)O)c2ccc3nsnc3c2)cc1F. The molecular formula is C24H23FN2O4S. The molecule has 6 nitrogen and oxygen atoms in total. The summed E-state index contributed by atoms with van der Waals surface area (Å²) in [5.74, 6) is -2.10. The van der Waals surface area contributed by atoms with Gasteiger partial charge in [0.05, 0.1) is 24.4 Å². The van der Waals surface area contributed by atoms with Gasteiger partial charge in [-0.3, -0.25) is 4.79 Å². The predicted molar refractivity (Wildman–Crippen MR) is 120 cm³/mol. The van der Waals surface area contributed by atoms with Gasteiger partial charge in [-0.25, -0.2) is 9.18 Å². The Balaban J connectivity index is 1.84. The number of allylic oxidation sites excluding steroid dienone is 1. The second-order valence-electron chi connectivity index (χ2n) is 8.01. The molecule has 0 aliphatic heterocycles. The van der Waals surface area contributed by atoms with Gasteiger partial charge in [0.1, 0.15) is 11.0 Å². The number of carboxylic acid groups (broad SMARTS) is 1. The number of carboxylic acids is 1. The lowest BCUT2D eigenvalue weighted by Crippen LogP contribution is -2.17. The van der Waals surface area contributed by atoms with E-state index in [9.17, 15) is 19.1 Å². The maximum Gasteiger partial charge on any atom is 0.336 e. The number of hydrogen-bond acceptors (Lipinski definition) is 6. The number of benzene rings is 2. The topological polar surface area (TPSA) is 89.4 Å². The zero-order valence-electron chi connectivity index (χ0n) is 17.6. The normalized spacial score (nSPS) is 15.4. The van der Waals surface area contributed by atoms with Gasteiger partial charge in [0, 0.05) is 11.1 Å². The van der Waals surface area contributed by atoms with E-state index >= 15 is 0 Å². The van der Waals surface area contributed by atoms with Gasteiger partial charge < -0.3 is 9.84 Å². The Morgan fingerprint density at radius 2 is 1.78 bits per heavy atom. The maximum absolute atomic E-state index is 14.3. The van der Waals surface area contributed by atoms with E-state index in [4.69, 9.17) is 4.74 Å². The number of aromatic nitrogens is 2. The third-order valence-electron chi connectivity index (χ3n) is 5.96. The summed E-state index contributed by atoms with van der Waals surface area (Å²) in [5.41, 5.74) is 1.87. The van der Waals surface area contributed by atoms with Gasteiger partial charge in [-0.1, -0.05) is 38.2 Å². The molecule has 0 atom stereocenters. The number of ketones is 1. The minimum Gasteiger partial charge on any atom is -0.494 e. The Kier molecular flexibility index (Phi) is 6.60. The van der Waals surface area contributed by atoms with Crippen molar-refractivity contribution in [2.45, 2.75) is 38.5 Å². The number of ether oxygens (including phenoxy) is 1. The fourth-order valence-electron chi connectivity index (χ4n) is 4.33. The number of carbonyl (C=O) groups is 2. The summed E-state index contributed by atoms with van der Waals surface area (Å²) in [6.07, 6.45) is 5.48. The van der Waals surface area contributed by atoms with Crippen LogP contribution in [0.1, 0.15) is 54.4 Å². The first kappa shape index (κ1) is 22.1. The zero-order valence-corrected chi connectivity index (χ0v) is 18.5. The molecule has 2 aromatic carbocycles. The number of nitrogens with zero attached hydrogens (tertiary/aromatic N) is 2. The van der Waals surface area contributed by atoms with E-state index in [1.165, 1.54) is 19.2 Å². The summed E-state index contributed by atoms with van der Waals surface area (Å²) in [6, 6.07) is 8.95. The van der Waals surface area contributed by atoms with Crippen molar-refractivity contribution in [3.05, 3.63) is 58.9 Å². The molecule has 0 saturated heterocycles. The molecule has 166 valence electrons. The molecule has 1 aliphatic carbocycles. The Morgan fingerprint density at radius 3 is 2.47 bits per heavy atom. The van der Waals surface area contributed by atoms with Crippen LogP contribution >= 0.6 is 11.7 Å². The van der Waals surface area contributed by atoms with E-state index in [1.807, 2.05) is 0 Å². The van der Waals surface area contributed by atoms with Crippen LogP contribution in [-0.2, 0) is 4.79 Å². The van der Waals surface area contributed by atoms with Crippen molar-refractivity contribution in [1.29, 1.82) is 0 Å². The molecule has 0 amide bonds. The standard InChI is InChI=1S/C24H23FN2O4S/c1-31-21-10-8-16(12-18(21)25)23(28)17(11-14-5-3-2-4-6-14)22(24(29)30)15-7-9-19-20(13-15)27-32-26-19/h7-10,12-14H,2-6,11H2,1H3,(H,29,30)/b22-17-. The van der Waals surface area contributed by atoms with E-state index in [-0.39, 0.29) is 28.4 Å². The van der Waals surface area contributed by atoms with Crippen molar-refractivity contribution in [1.82, 2.24) is 8.75 Å². The molecule has 4 rings (SSSR count). The number of aliphatic carboxylic acids is 1. The lowest BCUT2D eigenvalue weighted by molar-refractivity contribution is -0.130. The number of rotatable bonds is 7. The summed E-state index contributed by atoms with van der Waals surface area (Å²) < 4.78 is 27.6. The van der Waals surface area contributed by atoms with Crippen LogP contribution in [0.5, 0.6) is 5.75 Å². The molecule has 32 heavy (non-hydrogen) atoms. The number of carbonyl (C=O) groups excluding carboxylic acids is 1. The molecule has 1 aliphatic rings. The molecule has 0 spiro atoms. The van der Waals surface area contributed by atoms with Crippen LogP contribution in [0.25, 0.3) is 16.6 Å². The van der Waals surface area contributed by atoms with E-state index in [0.29, 0.717) is 23.0 Å². The lowest BCUT2D eigenvalue weighted by Gasteiger charge is -2.23. The summed E-state index contributed by atoms with van der Waals surface area (Å²) in [7, 11) is 1.35. The molecular weight excluding hydrogens is 431 g/mol. The highest BCUT2D eigenvalue weighted by atomic mass is 32.1. The molecule has 1 fully saturated rings. The molecule has 8 heteroatoms. The van der Waals surface area contributed by atoms with Crippen LogP contribution in [0.2, 0.25) is 0 Å². The minimum atomic E-state index is -1.19. The lowest BCUT2D eigenvalue weighted by atomic mass is 9.80. The molecule has 0 unspecified atom stereocenters. The quantitative estimate of drug-likeness (QED) is 0.373. The van der Waals surface area contributed by atoms with Crippen molar-refractivity contribution >= 4 is 40.1 Å². The molecule has 1 aromatic heterocycles. The van der Waals surface area contributed by atoms with E-state index in [1.54, 1.807) is 18.2 Å². The van der Waals surface area contributed by atoms with Crippen molar-refractivity contribution in [2.75, 3.05) is 7.11 Å². The third kappa shape index (κ3) is 4.55.